The van der Waals surface area contributed by atoms with Crippen LogP contribution in [0, 0.1) is 0 Å². The molecule has 0 spiro atoms. The molecule has 4 aliphatic rings. The van der Waals surface area contributed by atoms with Gasteiger partial charge in [0.15, 0.2) is 0 Å². The molecule has 5 atom stereocenters. The van der Waals surface area contributed by atoms with Crippen molar-refractivity contribution in [3.05, 3.63) is 35.4 Å². The second kappa shape index (κ2) is 7.82. The molecule has 1 aromatic carbocycles. The first kappa shape index (κ1) is 20.3. The van der Waals surface area contributed by atoms with Gasteiger partial charge in [-0.05, 0) is 24.0 Å². The van der Waals surface area contributed by atoms with E-state index in [0.717, 1.165) is 12.8 Å². The Hall–Kier alpha value is -1.61. The van der Waals surface area contributed by atoms with E-state index in [1.54, 1.807) is 0 Å². The molecule has 3 heterocycles. The second-order valence-electron chi connectivity index (χ2n) is 9.07. The number of aliphatic hydroxyl groups excluding tert-OH is 1. The zero-order chi connectivity index (χ0) is 20.9. The van der Waals surface area contributed by atoms with Gasteiger partial charge in [-0.3, -0.25) is 4.79 Å². The molecule has 0 saturated carbocycles. The number of likely N-dealkylation sites (tertiary alicyclic amines) is 1. The summed E-state index contributed by atoms with van der Waals surface area (Å²) in [7, 11) is 0. The maximum Gasteiger partial charge on any atom is 0.267 e. The summed E-state index contributed by atoms with van der Waals surface area (Å²) >= 11 is 0. The Labute approximate surface area is 174 Å². The minimum atomic E-state index is -2.79. The van der Waals surface area contributed by atoms with Crippen molar-refractivity contribution in [1.29, 1.82) is 0 Å². The number of halogens is 2. The Morgan fingerprint density at radius 2 is 1.97 bits per heavy atom. The van der Waals surface area contributed by atoms with Crippen LogP contribution in [0.15, 0.2) is 24.3 Å². The van der Waals surface area contributed by atoms with Crippen LogP contribution in [0.2, 0.25) is 0 Å². The third kappa shape index (κ3) is 3.98. The molecule has 3 fully saturated rings. The lowest BCUT2D eigenvalue weighted by atomic mass is 10.1. The van der Waals surface area contributed by atoms with Crippen LogP contribution in [0.1, 0.15) is 30.4 Å². The first-order valence-corrected chi connectivity index (χ1v) is 10.8. The number of carbonyl (C=O) groups is 1. The van der Waals surface area contributed by atoms with Gasteiger partial charge in [-0.1, -0.05) is 24.3 Å². The molecule has 2 N–H and O–H groups in total. The minimum absolute atomic E-state index is 0.0579. The SMILES string of the molecule is O=C(C[C@@H]1C[C@H]2O[C@H](CNC3Cc4ccccc4C3)[C@@H](O)[C@H]2O1)N1CCC(F)(F)C1. The highest BCUT2D eigenvalue weighted by atomic mass is 19.3. The Morgan fingerprint density at radius 1 is 1.23 bits per heavy atom. The maximum atomic E-state index is 13.3. The normalized spacial score (nSPS) is 35.0. The van der Waals surface area contributed by atoms with E-state index < -0.39 is 30.8 Å². The molecular weight excluding hydrogens is 394 g/mol. The van der Waals surface area contributed by atoms with Crippen LogP contribution >= 0.6 is 0 Å². The minimum Gasteiger partial charge on any atom is -0.388 e. The van der Waals surface area contributed by atoms with Gasteiger partial charge in [0.1, 0.15) is 12.2 Å². The number of benzene rings is 1. The topological polar surface area (TPSA) is 71.0 Å². The fourth-order valence-corrected chi connectivity index (χ4v) is 5.27. The summed E-state index contributed by atoms with van der Waals surface area (Å²) in [6, 6.07) is 8.75. The molecule has 0 bridgehead atoms. The van der Waals surface area contributed by atoms with Crippen LogP contribution in [0.3, 0.4) is 0 Å². The smallest absolute Gasteiger partial charge is 0.267 e. The number of hydrogen-bond acceptors (Lipinski definition) is 5. The van der Waals surface area contributed by atoms with Gasteiger partial charge >= 0.3 is 0 Å². The molecule has 0 aromatic heterocycles. The fourth-order valence-electron chi connectivity index (χ4n) is 5.27. The van der Waals surface area contributed by atoms with E-state index in [2.05, 4.69) is 29.6 Å². The molecule has 0 radical (unpaired) electrons. The van der Waals surface area contributed by atoms with Crippen molar-refractivity contribution in [3.63, 3.8) is 0 Å². The Bertz CT molecular complexity index is 782. The van der Waals surface area contributed by atoms with Crippen LogP contribution in [-0.4, -0.2) is 78.0 Å². The summed E-state index contributed by atoms with van der Waals surface area (Å²) in [6.45, 7) is 0.120. The molecule has 3 saturated heterocycles. The van der Waals surface area contributed by atoms with Crippen LogP contribution in [0.25, 0.3) is 0 Å². The number of aliphatic hydroxyl groups is 1. The summed E-state index contributed by atoms with van der Waals surface area (Å²) in [5, 5.41) is 14.2. The third-order valence-corrected chi connectivity index (χ3v) is 6.86. The molecule has 0 unspecified atom stereocenters. The van der Waals surface area contributed by atoms with E-state index in [9.17, 15) is 18.7 Å². The van der Waals surface area contributed by atoms with E-state index in [1.807, 2.05) is 0 Å². The predicted octanol–water partition coefficient (Wildman–Crippen LogP) is 1.29. The molecule has 30 heavy (non-hydrogen) atoms. The van der Waals surface area contributed by atoms with E-state index >= 15 is 0 Å². The van der Waals surface area contributed by atoms with Gasteiger partial charge in [-0.25, -0.2) is 8.78 Å². The average Bonchev–Trinajstić information content (AvgIpc) is 3.44. The van der Waals surface area contributed by atoms with Gasteiger partial charge < -0.3 is 24.8 Å². The molecule has 6 nitrogen and oxygen atoms in total. The number of fused-ring (bicyclic) bond motifs is 2. The highest BCUT2D eigenvalue weighted by Gasteiger charge is 2.51. The predicted molar refractivity (Wildman–Crippen MR) is 104 cm³/mol. The Morgan fingerprint density at radius 3 is 2.60 bits per heavy atom. The summed E-state index contributed by atoms with van der Waals surface area (Å²) < 4.78 is 38.6. The van der Waals surface area contributed by atoms with Crippen molar-refractivity contribution >= 4 is 5.91 Å². The number of nitrogens with one attached hydrogen (secondary N) is 1. The van der Waals surface area contributed by atoms with Crippen molar-refractivity contribution in [1.82, 2.24) is 10.2 Å². The number of hydrogen-bond donors (Lipinski definition) is 2. The molecule has 1 aromatic rings. The van der Waals surface area contributed by atoms with E-state index in [4.69, 9.17) is 9.47 Å². The summed E-state index contributed by atoms with van der Waals surface area (Å²) in [5.74, 6) is -3.10. The lowest BCUT2D eigenvalue weighted by Crippen LogP contribution is -2.42. The average molecular weight is 422 g/mol. The van der Waals surface area contributed by atoms with Crippen molar-refractivity contribution in [2.24, 2.45) is 0 Å². The summed E-state index contributed by atoms with van der Waals surface area (Å²) in [4.78, 5) is 13.5. The van der Waals surface area contributed by atoms with E-state index in [0.29, 0.717) is 19.0 Å². The van der Waals surface area contributed by atoms with Gasteiger partial charge in [0.2, 0.25) is 5.91 Å². The molecule has 1 amide bonds. The fraction of sp³-hybridized carbons (Fsp3) is 0.682. The summed E-state index contributed by atoms with van der Waals surface area (Å²) in [5.41, 5.74) is 2.73. The van der Waals surface area contributed by atoms with Gasteiger partial charge in [-0.15, -0.1) is 0 Å². The molecule has 164 valence electrons. The highest BCUT2D eigenvalue weighted by molar-refractivity contribution is 5.77. The quantitative estimate of drug-likeness (QED) is 0.748. The number of amides is 1. The van der Waals surface area contributed by atoms with E-state index in [1.165, 1.54) is 16.0 Å². The van der Waals surface area contributed by atoms with Crippen LogP contribution in [-0.2, 0) is 27.1 Å². The lowest BCUT2D eigenvalue weighted by molar-refractivity contribution is -0.135. The lowest BCUT2D eigenvalue weighted by Gasteiger charge is -2.23. The zero-order valence-corrected chi connectivity index (χ0v) is 16.8. The van der Waals surface area contributed by atoms with Gasteiger partial charge in [0, 0.05) is 32.0 Å². The van der Waals surface area contributed by atoms with Crippen LogP contribution in [0.5, 0.6) is 0 Å². The number of alkyl halides is 2. The number of nitrogens with zero attached hydrogens (tertiary/aromatic N) is 1. The highest BCUT2D eigenvalue weighted by Crippen LogP contribution is 2.36. The molecule has 5 rings (SSSR count). The summed E-state index contributed by atoms with van der Waals surface area (Å²) in [6.07, 6.45) is 0.00354. The Kier molecular flexibility index (Phi) is 5.29. The second-order valence-corrected chi connectivity index (χ2v) is 9.07. The standard InChI is InChI=1S/C22H28F2N2O4/c23-22(24)5-6-26(12-22)19(27)10-16-9-17-21(29-16)20(28)18(30-17)11-25-15-7-13-3-1-2-4-14(13)8-15/h1-4,15-18,20-21,25,28H,5-12H2/t16-,17+,18+,20+,21-/m0/s1. The number of carbonyl (C=O) groups excluding carboxylic acids is 1. The van der Waals surface area contributed by atoms with Crippen LogP contribution < -0.4 is 5.32 Å². The van der Waals surface area contributed by atoms with Crippen LogP contribution in [0.4, 0.5) is 8.78 Å². The maximum absolute atomic E-state index is 13.3. The zero-order valence-electron chi connectivity index (χ0n) is 16.8. The van der Waals surface area contributed by atoms with Crippen molar-refractivity contribution < 1.29 is 28.2 Å². The van der Waals surface area contributed by atoms with Crippen molar-refractivity contribution in [2.45, 2.75) is 74.6 Å². The molecular formula is C22H28F2N2O4. The molecule has 3 aliphatic heterocycles. The van der Waals surface area contributed by atoms with E-state index in [-0.39, 0.29) is 37.5 Å². The van der Waals surface area contributed by atoms with Crippen molar-refractivity contribution in [2.75, 3.05) is 19.6 Å². The molecule has 1 aliphatic carbocycles. The number of ether oxygens (including phenoxy) is 2. The number of rotatable bonds is 5. The van der Waals surface area contributed by atoms with Crippen molar-refractivity contribution in [3.8, 4) is 0 Å². The van der Waals surface area contributed by atoms with Gasteiger partial charge in [-0.2, -0.15) is 0 Å². The first-order chi connectivity index (χ1) is 14.4. The Balaban J connectivity index is 1.08. The monoisotopic (exact) mass is 422 g/mol. The first-order valence-electron chi connectivity index (χ1n) is 10.8. The molecule has 8 heteroatoms. The largest absolute Gasteiger partial charge is 0.388 e. The third-order valence-electron chi connectivity index (χ3n) is 6.86. The van der Waals surface area contributed by atoms with Gasteiger partial charge in [0.05, 0.1) is 31.3 Å². The van der Waals surface area contributed by atoms with Gasteiger partial charge in [0.25, 0.3) is 5.92 Å².